The van der Waals surface area contributed by atoms with Crippen molar-refractivity contribution in [2.45, 2.75) is 25.7 Å². The van der Waals surface area contributed by atoms with Gasteiger partial charge in [-0.05, 0) is 42.7 Å². The van der Waals surface area contributed by atoms with Crippen molar-refractivity contribution in [1.82, 2.24) is 10.3 Å². The number of carbonyl (C=O) groups excluding carboxylic acids is 2. The fourth-order valence-corrected chi connectivity index (χ4v) is 2.19. The maximum atomic E-state index is 11.9. The molecule has 1 aromatic carbocycles. The minimum atomic E-state index is -0.716. The summed E-state index contributed by atoms with van der Waals surface area (Å²) in [5, 5.41) is 12.9. The molecule has 0 bridgehead atoms. The molecule has 1 saturated heterocycles. The van der Waals surface area contributed by atoms with Crippen LogP contribution < -0.4 is 5.43 Å². The third kappa shape index (κ3) is 4.59. The summed E-state index contributed by atoms with van der Waals surface area (Å²) in [5.41, 5.74) is 2.96. The van der Waals surface area contributed by atoms with Gasteiger partial charge in [0, 0.05) is 13.1 Å². The van der Waals surface area contributed by atoms with Gasteiger partial charge in [0.15, 0.2) is 0 Å². The first-order valence-corrected chi connectivity index (χ1v) is 7.08. The van der Waals surface area contributed by atoms with Crippen LogP contribution in [0, 0.1) is 0 Å². The van der Waals surface area contributed by atoms with E-state index < -0.39 is 11.8 Å². The summed E-state index contributed by atoms with van der Waals surface area (Å²) >= 11 is 0. The molecule has 2 N–H and O–H groups in total. The monoisotopic (exact) mass is 289 g/mol. The summed E-state index contributed by atoms with van der Waals surface area (Å²) in [6.45, 7) is 1.27. The van der Waals surface area contributed by atoms with Crippen LogP contribution in [-0.2, 0) is 9.59 Å². The number of phenolic OH excluding ortho intramolecular Hbond substituents is 1. The van der Waals surface area contributed by atoms with Gasteiger partial charge in [0.05, 0.1) is 6.21 Å². The Balaban J connectivity index is 1.85. The maximum absolute atomic E-state index is 11.9. The van der Waals surface area contributed by atoms with Crippen LogP contribution in [0.3, 0.4) is 0 Å². The van der Waals surface area contributed by atoms with Crippen LogP contribution >= 0.6 is 0 Å². The number of benzene rings is 1. The van der Waals surface area contributed by atoms with Crippen LogP contribution in [0.4, 0.5) is 0 Å². The summed E-state index contributed by atoms with van der Waals surface area (Å²) < 4.78 is 0. The largest absolute Gasteiger partial charge is 0.508 e. The van der Waals surface area contributed by atoms with Crippen LogP contribution in [0.15, 0.2) is 29.4 Å². The fraction of sp³-hybridized carbons (Fsp3) is 0.400. The summed E-state index contributed by atoms with van der Waals surface area (Å²) in [5.74, 6) is -1.08. The van der Waals surface area contributed by atoms with E-state index in [2.05, 4.69) is 10.5 Å². The molecule has 0 saturated carbocycles. The Morgan fingerprint density at radius 3 is 2.33 bits per heavy atom. The predicted octanol–water partition coefficient (Wildman–Crippen LogP) is 1.24. The highest BCUT2D eigenvalue weighted by atomic mass is 16.3. The third-order valence-corrected chi connectivity index (χ3v) is 3.36. The van der Waals surface area contributed by atoms with E-state index in [4.69, 9.17) is 5.11 Å². The number of aromatic hydroxyl groups is 1. The van der Waals surface area contributed by atoms with Crippen LogP contribution in [0.25, 0.3) is 0 Å². The van der Waals surface area contributed by atoms with E-state index in [0.29, 0.717) is 13.1 Å². The molecule has 1 fully saturated rings. The second-order valence-electron chi connectivity index (χ2n) is 5.00. The van der Waals surface area contributed by atoms with Gasteiger partial charge in [0.25, 0.3) is 0 Å². The summed E-state index contributed by atoms with van der Waals surface area (Å²) in [7, 11) is 0. The van der Waals surface area contributed by atoms with Crippen molar-refractivity contribution in [3.05, 3.63) is 29.8 Å². The Morgan fingerprint density at radius 1 is 1.10 bits per heavy atom. The molecule has 1 aromatic rings. The minimum Gasteiger partial charge on any atom is -0.508 e. The molecule has 2 amide bonds. The number of amides is 2. The topological polar surface area (TPSA) is 82.0 Å². The number of likely N-dealkylation sites (tertiary alicyclic amines) is 1. The zero-order chi connectivity index (χ0) is 15.1. The van der Waals surface area contributed by atoms with Gasteiger partial charge in [0.1, 0.15) is 5.75 Å². The Morgan fingerprint density at radius 2 is 1.71 bits per heavy atom. The minimum absolute atomic E-state index is 0.160. The van der Waals surface area contributed by atoms with E-state index in [0.717, 1.165) is 31.2 Å². The van der Waals surface area contributed by atoms with Crippen LogP contribution in [0.1, 0.15) is 31.2 Å². The number of carbonyl (C=O) groups is 2. The Hall–Kier alpha value is -2.37. The molecule has 0 aliphatic carbocycles. The number of phenols is 1. The quantitative estimate of drug-likeness (QED) is 0.488. The van der Waals surface area contributed by atoms with Crippen molar-refractivity contribution in [1.29, 1.82) is 0 Å². The summed E-state index contributed by atoms with van der Waals surface area (Å²) in [6.07, 6.45) is 5.51. The molecule has 6 heteroatoms. The zero-order valence-corrected chi connectivity index (χ0v) is 11.8. The second-order valence-corrected chi connectivity index (χ2v) is 5.00. The van der Waals surface area contributed by atoms with Gasteiger partial charge >= 0.3 is 11.8 Å². The third-order valence-electron chi connectivity index (χ3n) is 3.36. The van der Waals surface area contributed by atoms with E-state index >= 15 is 0 Å². The number of hydrogen-bond acceptors (Lipinski definition) is 4. The molecule has 0 aromatic heterocycles. The van der Waals surface area contributed by atoms with E-state index in [-0.39, 0.29) is 5.75 Å². The first kappa shape index (κ1) is 15.0. The van der Waals surface area contributed by atoms with Crippen LogP contribution in [-0.4, -0.2) is 41.1 Å². The maximum Gasteiger partial charge on any atom is 0.329 e. The predicted molar refractivity (Wildman–Crippen MR) is 78.9 cm³/mol. The lowest BCUT2D eigenvalue weighted by atomic mass is 10.2. The lowest BCUT2D eigenvalue weighted by Gasteiger charge is -2.18. The van der Waals surface area contributed by atoms with Crippen LogP contribution in [0.5, 0.6) is 5.75 Å². The van der Waals surface area contributed by atoms with E-state index in [1.54, 1.807) is 17.0 Å². The molecule has 112 valence electrons. The number of hydrogen-bond donors (Lipinski definition) is 2. The molecule has 1 aliphatic heterocycles. The highest BCUT2D eigenvalue weighted by Crippen LogP contribution is 2.10. The zero-order valence-electron chi connectivity index (χ0n) is 11.8. The highest BCUT2D eigenvalue weighted by molar-refractivity contribution is 6.35. The van der Waals surface area contributed by atoms with Crippen LogP contribution in [0.2, 0.25) is 0 Å². The van der Waals surface area contributed by atoms with Gasteiger partial charge in [-0.2, -0.15) is 5.10 Å². The Kier molecular flexibility index (Phi) is 5.31. The summed E-state index contributed by atoms with van der Waals surface area (Å²) in [4.78, 5) is 25.3. The molecule has 0 unspecified atom stereocenters. The fourth-order valence-electron chi connectivity index (χ4n) is 2.19. The first-order valence-electron chi connectivity index (χ1n) is 7.08. The van der Waals surface area contributed by atoms with Gasteiger partial charge in [-0.15, -0.1) is 0 Å². The average molecular weight is 289 g/mol. The molecule has 0 spiro atoms. The molecule has 21 heavy (non-hydrogen) atoms. The second kappa shape index (κ2) is 7.42. The first-order chi connectivity index (χ1) is 10.2. The normalized spacial score (nSPS) is 15.7. The number of hydrazone groups is 1. The molecule has 2 rings (SSSR count). The molecule has 1 aliphatic rings. The number of rotatable bonds is 2. The van der Waals surface area contributed by atoms with Gasteiger partial charge in [-0.3, -0.25) is 9.59 Å². The molecular formula is C15H19N3O3. The lowest BCUT2D eigenvalue weighted by Crippen LogP contribution is -2.41. The Labute approximate surface area is 123 Å². The number of nitrogens with one attached hydrogen (secondary N) is 1. The molecular weight excluding hydrogens is 270 g/mol. The van der Waals surface area contributed by atoms with Gasteiger partial charge in [-0.25, -0.2) is 5.43 Å². The van der Waals surface area contributed by atoms with Gasteiger partial charge in [-0.1, -0.05) is 12.8 Å². The van der Waals surface area contributed by atoms with E-state index in [1.807, 2.05) is 0 Å². The smallest absolute Gasteiger partial charge is 0.329 e. The van der Waals surface area contributed by atoms with Crippen molar-refractivity contribution in [3.63, 3.8) is 0 Å². The van der Waals surface area contributed by atoms with Crippen molar-refractivity contribution in [2.24, 2.45) is 5.10 Å². The van der Waals surface area contributed by atoms with Gasteiger partial charge < -0.3 is 10.0 Å². The van der Waals surface area contributed by atoms with E-state index in [9.17, 15) is 9.59 Å². The molecule has 6 nitrogen and oxygen atoms in total. The van der Waals surface area contributed by atoms with E-state index in [1.165, 1.54) is 18.3 Å². The van der Waals surface area contributed by atoms with Crippen molar-refractivity contribution >= 4 is 18.0 Å². The molecule has 1 heterocycles. The summed E-state index contributed by atoms with van der Waals surface area (Å²) in [6, 6.07) is 6.35. The van der Waals surface area contributed by atoms with Crippen molar-refractivity contribution in [3.8, 4) is 5.75 Å². The molecule has 0 atom stereocenters. The van der Waals surface area contributed by atoms with Crippen molar-refractivity contribution in [2.75, 3.05) is 13.1 Å². The standard InChI is InChI=1S/C15H19N3O3/c19-13-7-5-12(6-8-13)11-16-17-14(20)15(21)18-9-3-1-2-4-10-18/h5-8,11,19H,1-4,9-10H2,(H,17,20)/b16-11-. The van der Waals surface area contributed by atoms with Crippen molar-refractivity contribution < 1.29 is 14.7 Å². The Bertz CT molecular complexity index is 517. The molecule has 0 radical (unpaired) electrons. The SMILES string of the molecule is O=C(N/N=C\c1ccc(O)cc1)C(=O)N1CCCCCC1. The lowest BCUT2D eigenvalue weighted by molar-refractivity contribution is -0.145. The van der Waals surface area contributed by atoms with Gasteiger partial charge in [0.2, 0.25) is 0 Å². The number of nitrogens with zero attached hydrogens (tertiary/aromatic N) is 2. The average Bonchev–Trinajstić information content (AvgIpc) is 2.77. The highest BCUT2D eigenvalue weighted by Gasteiger charge is 2.21.